The van der Waals surface area contributed by atoms with Gasteiger partial charge in [0.15, 0.2) is 28.8 Å². The molecule has 240 valence electrons. The number of hydrogen-bond donors (Lipinski definition) is 0. The van der Waals surface area contributed by atoms with Crippen molar-refractivity contribution < 1.29 is 57.6 Å². The summed E-state index contributed by atoms with van der Waals surface area (Å²) in [5.41, 5.74) is 0.339. The van der Waals surface area contributed by atoms with Crippen LogP contribution in [0.15, 0.2) is 36.1 Å². The van der Waals surface area contributed by atoms with Gasteiger partial charge in [-0.2, -0.15) is 4.89 Å². The second kappa shape index (κ2) is 15.4. The van der Waals surface area contributed by atoms with E-state index in [0.717, 1.165) is 38.5 Å². The van der Waals surface area contributed by atoms with Gasteiger partial charge in [0.1, 0.15) is 28.7 Å². The zero-order valence-electron chi connectivity index (χ0n) is 26.0. The van der Waals surface area contributed by atoms with Gasteiger partial charge in [-0.15, -0.1) is 0 Å². The fraction of sp³-hybridized carbons (Fsp3) is 0.500. The summed E-state index contributed by atoms with van der Waals surface area (Å²) in [6.07, 6.45) is 7.62. The van der Waals surface area contributed by atoms with Crippen molar-refractivity contribution in [2.75, 3.05) is 42.7 Å². The van der Waals surface area contributed by atoms with Gasteiger partial charge in [0.05, 0.1) is 42.7 Å². The van der Waals surface area contributed by atoms with Crippen molar-refractivity contribution in [3.05, 3.63) is 47.2 Å². The standard InChI is InChI=1S/C32H40O12/c1-35-25-17-29(39-5)27(37-3)15-23(25)31(33)43-41-21-11-7-19(8-12-21)20-9-13-22(14-10-20)42-44-32(34)24-16-28(38-4)30(40-6)18-26(24)36-2/h11,15-20,22H,7-10,12-14H2,1-6H3. The molecule has 2 aromatic rings. The van der Waals surface area contributed by atoms with E-state index in [2.05, 4.69) is 0 Å². The maximum absolute atomic E-state index is 12.8. The van der Waals surface area contributed by atoms with Gasteiger partial charge in [-0.05, 0) is 56.4 Å². The van der Waals surface area contributed by atoms with Crippen LogP contribution in [0.2, 0.25) is 0 Å². The lowest BCUT2D eigenvalue weighted by atomic mass is 9.74. The van der Waals surface area contributed by atoms with Crippen LogP contribution < -0.4 is 28.4 Å². The molecule has 0 spiro atoms. The molecule has 1 atom stereocenters. The summed E-state index contributed by atoms with van der Waals surface area (Å²) < 4.78 is 31.7. The highest BCUT2D eigenvalue weighted by Crippen LogP contribution is 2.40. The largest absolute Gasteiger partial charge is 0.496 e. The molecule has 0 aromatic heterocycles. The average molecular weight is 617 g/mol. The molecule has 0 aliphatic heterocycles. The molecular formula is C32H40O12. The summed E-state index contributed by atoms with van der Waals surface area (Å²) >= 11 is 0. The van der Waals surface area contributed by atoms with Crippen LogP contribution in [-0.2, 0) is 19.6 Å². The third-order valence-electron chi connectivity index (χ3n) is 8.13. The van der Waals surface area contributed by atoms with Crippen LogP contribution in [0, 0.1) is 11.8 Å². The van der Waals surface area contributed by atoms with Crippen LogP contribution >= 0.6 is 0 Å². The highest BCUT2D eigenvalue weighted by Gasteiger charge is 2.31. The summed E-state index contributed by atoms with van der Waals surface area (Å²) in [5.74, 6) is 2.43. The fourth-order valence-electron chi connectivity index (χ4n) is 5.66. The fourth-order valence-corrected chi connectivity index (χ4v) is 5.66. The van der Waals surface area contributed by atoms with E-state index in [1.54, 1.807) is 12.1 Å². The summed E-state index contributed by atoms with van der Waals surface area (Å²) in [7, 11) is 8.87. The normalized spacial score (nSPS) is 19.6. The minimum absolute atomic E-state index is 0.159. The number of carbonyl (C=O) groups is 2. The second-order valence-corrected chi connectivity index (χ2v) is 10.5. The van der Waals surface area contributed by atoms with Crippen molar-refractivity contribution in [1.29, 1.82) is 0 Å². The van der Waals surface area contributed by atoms with Crippen LogP contribution in [0.4, 0.5) is 0 Å². The second-order valence-electron chi connectivity index (χ2n) is 10.5. The predicted octanol–water partition coefficient (Wildman–Crippen LogP) is 5.86. The van der Waals surface area contributed by atoms with Crippen molar-refractivity contribution >= 4 is 11.9 Å². The smallest absolute Gasteiger partial charge is 0.390 e. The molecule has 2 aliphatic carbocycles. The molecule has 2 aliphatic rings. The molecule has 0 bridgehead atoms. The first-order chi connectivity index (χ1) is 21.3. The number of rotatable bonds is 13. The van der Waals surface area contributed by atoms with Crippen molar-refractivity contribution in [3.8, 4) is 34.5 Å². The van der Waals surface area contributed by atoms with E-state index < -0.39 is 11.9 Å². The zero-order valence-corrected chi connectivity index (χ0v) is 26.0. The van der Waals surface area contributed by atoms with Crippen LogP contribution in [0.25, 0.3) is 0 Å². The van der Waals surface area contributed by atoms with E-state index in [4.69, 9.17) is 48.0 Å². The molecule has 0 amide bonds. The lowest BCUT2D eigenvalue weighted by Crippen LogP contribution is -2.28. The van der Waals surface area contributed by atoms with Crippen molar-refractivity contribution in [2.24, 2.45) is 11.8 Å². The maximum Gasteiger partial charge on any atom is 0.390 e. The van der Waals surface area contributed by atoms with E-state index in [1.807, 2.05) is 6.08 Å². The van der Waals surface area contributed by atoms with Crippen LogP contribution in [0.3, 0.4) is 0 Å². The number of benzene rings is 2. The molecule has 1 saturated carbocycles. The molecule has 12 nitrogen and oxygen atoms in total. The van der Waals surface area contributed by atoms with E-state index in [9.17, 15) is 9.59 Å². The Morgan fingerprint density at radius 3 is 1.50 bits per heavy atom. The lowest BCUT2D eigenvalue weighted by molar-refractivity contribution is -0.281. The van der Waals surface area contributed by atoms with E-state index in [0.29, 0.717) is 52.8 Å². The van der Waals surface area contributed by atoms with Gasteiger partial charge in [-0.1, -0.05) is 0 Å². The van der Waals surface area contributed by atoms with E-state index in [-0.39, 0.29) is 23.0 Å². The minimum atomic E-state index is -0.700. The first-order valence-electron chi connectivity index (χ1n) is 14.4. The number of methoxy groups -OCH3 is 6. The maximum atomic E-state index is 12.8. The Morgan fingerprint density at radius 2 is 1.05 bits per heavy atom. The molecule has 0 radical (unpaired) electrons. The Bertz CT molecular complexity index is 1330. The monoisotopic (exact) mass is 616 g/mol. The van der Waals surface area contributed by atoms with Gasteiger partial charge in [0.25, 0.3) is 0 Å². The van der Waals surface area contributed by atoms with Gasteiger partial charge in [-0.25, -0.2) is 14.5 Å². The predicted molar refractivity (Wildman–Crippen MR) is 156 cm³/mol. The first-order valence-corrected chi connectivity index (χ1v) is 14.4. The van der Waals surface area contributed by atoms with Crippen LogP contribution in [0.1, 0.15) is 65.7 Å². The third-order valence-corrected chi connectivity index (χ3v) is 8.13. The Labute approximate surface area is 256 Å². The highest BCUT2D eigenvalue weighted by molar-refractivity contribution is 5.94. The highest BCUT2D eigenvalue weighted by atomic mass is 17.2. The Morgan fingerprint density at radius 1 is 0.568 bits per heavy atom. The molecule has 1 unspecified atom stereocenters. The molecule has 12 heteroatoms. The molecule has 0 N–H and O–H groups in total. The molecule has 0 saturated heterocycles. The molecule has 44 heavy (non-hydrogen) atoms. The lowest BCUT2D eigenvalue weighted by Gasteiger charge is -2.34. The van der Waals surface area contributed by atoms with Crippen LogP contribution in [0.5, 0.6) is 34.5 Å². The number of allylic oxidation sites excluding steroid dienone is 2. The minimum Gasteiger partial charge on any atom is -0.496 e. The molecular weight excluding hydrogens is 576 g/mol. The SMILES string of the molecule is COc1cc(OC)c(C(=O)OOC2=CCC(C3CCC(OOC(=O)c4cc(OC)c(OC)cc4OC)CC3)CC2)cc1OC. The van der Waals surface area contributed by atoms with Crippen molar-refractivity contribution in [2.45, 2.75) is 51.0 Å². The molecule has 1 fully saturated rings. The summed E-state index contributed by atoms with van der Waals surface area (Å²) in [5, 5.41) is 0. The molecule has 2 aromatic carbocycles. The molecule has 0 heterocycles. The summed E-state index contributed by atoms with van der Waals surface area (Å²) in [6, 6.07) is 6.11. The van der Waals surface area contributed by atoms with Crippen molar-refractivity contribution in [1.82, 2.24) is 0 Å². The van der Waals surface area contributed by atoms with Gasteiger partial charge in [0, 0.05) is 30.7 Å². The third kappa shape index (κ3) is 7.60. The van der Waals surface area contributed by atoms with E-state index in [1.165, 1.54) is 54.8 Å². The Balaban J connectivity index is 1.23. The summed E-state index contributed by atoms with van der Waals surface area (Å²) in [4.78, 5) is 46.7. The first kappa shape index (κ1) is 32.6. The van der Waals surface area contributed by atoms with Gasteiger partial charge in [0.2, 0.25) is 0 Å². The van der Waals surface area contributed by atoms with Gasteiger partial charge < -0.3 is 28.4 Å². The van der Waals surface area contributed by atoms with Crippen molar-refractivity contribution in [3.63, 3.8) is 0 Å². The Kier molecular flexibility index (Phi) is 11.4. The number of hydrogen-bond acceptors (Lipinski definition) is 12. The Hall–Kier alpha value is -4.32. The van der Waals surface area contributed by atoms with Crippen LogP contribution in [-0.4, -0.2) is 60.7 Å². The number of carbonyl (C=O) groups excluding carboxylic acids is 2. The van der Waals surface area contributed by atoms with Gasteiger partial charge in [-0.3, -0.25) is 9.78 Å². The van der Waals surface area contributed by atoms with E-state index >= 15 is 0 Å². The topological polar surface area (TPSA) is 126 Å². The number of ether oxygens (including phenoxy) is 6. The van der Waals surface area contributed by atoms with Gasteiger partial charge >= 0.3 is 11.9 Å². The zero-order chi connectivity index (χ0) is 31.6. The molecule has 4 rings (SSSR count). The quantitative estimate of drug-likeness (QED) is 0.198. The average Bonchev–Trinajstić information content (AvgIpc) is 3.08. The summed E-state index contributed by atoms with van der Waals surface area (Å²) in [6.45, 7) is 0.